The lowest BCUT2D eigenvalue weighted by atomic mass is 10.1. The lowest BCUT2D eigenvalue weighted by molar-refractivity contribution is 0.525. The fraction of sp³-hybridized carbons (Fsp3) is 0.533. The van der Waals surface area contributed by atoms with E-state index in [1.54, 1.807) is 0 Å². The van der Waals surface area contributed by atoms with E-state index in [4.69, 9.17) is 0 Å². The second-order valence-electron chi connectivity index (χ2n) is 5.08. The Labute approximate surface area is 110 Å². The Morgan fingerprint density at radius 2 is 2.33 bits per heavy atom. The van der Waals surface area contributed by atoms with Crippen molar-refractivity contribution >= 4 is 11.9 Å². The largest absolute Gasteiger partial charge is 0.334 e. The van der Waals surface area contributed by atoms with Gasteiger partial charge in [0.05, 0.1) is 5.69 Å². The number of aryl methyl sites for hydroxylation is 1. The number of unbranched alkanes of at least 4 members (excludes halogenated alkanes) is 1. The summed E-state index contributed by atoms with van der Waals surface area (Å²) in [5.41, 5.74) is 2.23. The summed E-state index contributed by atoms with van der Waals surface area (Å²) in [6, 6.07) is 2.15. The molecule has 0 spiro atoms. The zero-order valence-corrected chi connectivity index (χ0v) is 11.7. The standard InChI is InChI=1S/C15H23N3/c1-5-6-7-8-14-11-15-17(4)13(3)12(2)9-10-18(15)16-14/h7-8,11-12H,3,5-6,9-10H2,1-2,4H3/b8-7+. The lowest BCUT2D eigenvalue weighted by Gasteiger charge is -2.21. The van der Waals surface area contributed by atoms with E-state index in [1.165, 1.54) is 12.1 Å². The third-order valence-electron chi connectivity index (χ3n) is 3.64. The molecule has 1 aromatic heterocycles. The molecule has 2 heterocycles. The first-order valence-electron chi connectivity index (χ1n) is 6.80. The molecule has 0 aromatic carbocycles. The van der Waals surface area contributed by atoms with E-state index in [0.29, 0.717) is 5.92 Å². The number of rotatable bonds is 3. The van der Waals surface area contributed by atoms with Crippen LogP contribution in [0.2, 0.25) is 0 Å². The molecule has 1 unspecified atom stereocenters. The Kier molecular flexibility index (Phi) is 3.90. The summed E-state index contributed by atoms with van der Waals surface area (Å²) in [5, 5.41) is 4.65. The molecular weight excluding hydrogens is 222 g/mol. The fourth-order valence-corrected chi connectivity index (χ4v) is 2.27. The third kappa shape index (κ3) is 2.50. The van der Waals surface area contributed by atoms with Crippen molar-refractivity contribution in [2.45, 2.75) is 39.7 Å². The third-order valence-corrected chi connectivity index (χ3v) is 3.64. The van der Waals surface area contributed by atoms with Crippen LogP contribution < -0.4 is 4.90 Å². The number of aromatic nitrogens is 2. The van der Waals surface area contributed by atoms with E-state index < -0.39 is 0 Å². The second kappa shape index (κ2) is 5.42. The van der Waals surface area contributed by atoms with Crippen molar-refractivity contribution in [3.8, 4) is 0 Å². The van der Waals surface area contributed by atoms with Crippen molar-refractivity contribution in [1.82, 2.24) is 9.78 Å². The van der Waals surface area contributed by atoms with Crippen LogP contribution in [0.4, 0.5) is 5.82 Å². The van der Waals surface area contributed by atoms with Crippen LogP contribution in [0.5, 0.6) is 0 Å². The van der Waals surface area contributed by atoms with Gasteiger partial charge in [-0.3, -0.25) is 0 Å². The lowest BCUT2D eigenvalue weighted by Crippen LogP contribution is -2.19. The topological polar surface area (TPSA) is 21.1 Å². The number of anilines is 1. The molecule has 0 saturated heterocycles. The van der Waals surface area contributed by atoms with Crippen LogP contribution in [0.25, 0.3) is 6.08 Å². The molecule has 0 N–H and O–H groups in total. The number of fused-ring (bicyclic) bond motifs is 1. The summed E-state index contributed by atoms with van der Waals surface area (Å²) in [7, 11) is 2.08. The molecule has 2 rings (SSSR count). The van der Waals surface area contributed by atoms with E-state index in [9.17, 15) is 0 Å². The molecule has 3 nitrogen and oxygen atoms in total. The van der Waals surface area contributed by atoms with Gasteiger partial charge in [-0.05, 0) is 24.8 Å². The molecule has 0 fully saturated rings. The van der Waals surface area contributed by atoms with Crippen molar-refractivity contribution in [3.63, 3.8) is 0 Å². The molecule has 1 atom stereocenters. The van der Waals surface area contributed by atoms with Gasteiger partial charge in [0.25, 0.3) is 0 Å². The zero-order chi connectivity index (χ0) is 13.1. The Morgan fingerprint density at radius 1 is 1.56 bits per heavy atom. The predicted octanol–water partition coefficient (Wildman–Crippen LogP) is 3.69. The number of hydrogen-bond acceptors (Lipinski definition) is 2. The number of allylic oxidation sites excluding steroid dienone is 2. The molecule has 0 aliphatic carbocycles. The minimum Gasteiger partial charge on any atom is -0.334 e. The van der Waals surface area contributed by atoms with Gasteiger partial charge in [0.15, 0.2) is 0 Å². The average molecular weight is 245 g/mol. The van der Waals surface area contributed by atoms with Gasteiger partial charge in [0, 0.05) is 25.4 Å². The zero-order valence-electron chi connectivity index (χ0n) is 11.7. The summed E-state index contributed by atoms with van der Waals surface area (Å²) < 4.78 is 2.10. The first kappa shape index (κ1) is 12.9. The van der Waals surface area contributed by atoms with Crippen LogP contribution in [0.3, 0.4) is 0 Å². The molecule has 0 saturated carbocycles. The van der Waals surface area contributed by atoms with Gasteiger partial charge in [0.1, 0.15) is 5.82 Å². The van der Waals surface area contributed by atoms with E-state index in [0.717, 1.165) is 30.9 Å². The van der Waals surface area contributed by atoms with Crippen molar-refractivity contribution in [3.05, 3.63) is 30.1 Å². The predicted molar refractivity (Wildman–Crippen MR) is 77.5 cm³/mol. The van der Waals surface area contributed by atoms with E-state index in [-0.39, 0.29) is 0 Å². The Hall–Kier alpha value is -1.51. The maximum Gasteiger partial charge on any atom is 0.131 e. The molecule has 18 heavy (non-hydrogen) atoms. The maximum atomic E-state index is 4.65. The summed E-state index contributed by atoms with van der Waals surface area (Å²) in [4.78, 5) is 2.17. The number of nitrogens with zero attached hydrogens (tertiary/aromatic N) is 3. The van der Waals surface area contributed by atoms with Crippen molar-refractivity contribution < 1.29 is 0 Å². The minimum absolute atomic E-state index is 0.524. The minimum atomic E-state index is 0.524. The summed E-state index contributed by atoms with van der Waals surface area (Å²) in [6.07, 6.45) is 7.71. The maximum absolute atomic E-state index is 4.65. The highest BCUT2D eigenvalue weighted by Crippen LogP contribution is 2.29. The van der Waals surface area contributed by atoms with Gasteiger partial charge in [-0.1, -0.05) is 32.9 Å². The van der Waals surface area contributed by atoms with Crippen LogP contribution in [0.1, 0.15) is 38.8 Å². The van der Waals surface area contributed by atoms with Gasteiger partial charge >= 0.3 is 0 Å². The van der Waals surface area contributed by atoms with E-state index in [2.05, 4.69) is 60.4 Å². The average Bonchev–Trinajstić information content (AvgIpc) is 2.74. The Morgan fingerprint density at radius 3 is 3.06 bits per heavy atom. The van der Waals surface area contributed by atoms with Gasteiger partial charge < -0.3 is 4.90 Å². The molecule has 0 amide bonds. The monoisotopic (exact) mass is 245 g/mol. The summed E-state index contributed by atoms with van der Waals surface area (Å²) in [5.74, 6) is 1.68. The second-order valence-corrected chi connectivity index (χ2v) is 5.08. The quantitative estimate of drug-likeness (QED) is 0.810. The fourth-order valence-electron chi connectivity index (χ4n) is 2.27. The molecule has 1 aliphatic heterocycles. The van der Waals surface area contributed by atoms with Crippen molar-refractivity contribution in [2.75, 3.05) is 11.9 Å². The highest BCUT2D eigenvalue weighted by Gasteiger charge is 2.21. The van der Waals surface area contributed by atoms with Crippen LogP contribution >= 0.6 is 0 Å². The highest BCUT2D eigenvalue weighted by molar-refractivity contribution is 5.55. The highest BCUT2D eigenvalue weighted by atomic mass is 15.4. The van der Waals surface area contributed by atoms with Gasteiger partial charge in [-0.2, -0.15) is 5.10 Å². The van der Waals surface area contributed by atoms with Crippen LogP contribution in [-0.2, 0) is 6.54 Å². The van der Waals surface area contributed by atoms with Gasteiger partial charge in [0.2, 0.25) is 0 Å². The summed E-state index contributed by atoms with van der Waals surface area (Å²) in [6.45, 7) is 9.58. The Bertz CT molecular complexity index is 456. The molecule has 0 radical (unpaired) electrons. The summed E-state index contributed by atoms with van der Waals surface area (Å²) >= 11 is 0. The van der Waals surface area contributed by atoms with Crippen molar-refractivity contribution in [1.29, 1.82) is 0 Å². The Balaban J connectivity index is 2.24. The SMILES string of the molecule is C=C1C(C)CCn2nc(/C=C/CCC)cc2N1C. The van der Waals surface area contributed by atoms with Gasteiger partial charge in [-0.25, -0.2) is 4.68 Å². The number of hydrogen-bond donors (Lipinski definition) is 0. The first-order valence-corrected chi connectivity index (χ1v) is 6.80. The van der Waals surface area contributed by atoms with Gasteiger partial charge in [-0.15, -0.1) is 0 Å². The molecule has 3 heteroatoms. The molecular formula is C15H23N3. The van der Waals surface area contributed by atoms with Crippen LogP contribution in [0, 0.1) is 5.92 Å². The van der Waals surface area contributed by atoms with E-state index in [1.807, 2.05) is 0 Å². The molecule has 0 bridgehead atoms. The molecule has 1 aromatic rings. The molecule has 1 aliphatic rings. The normalized spacial score (nSPS) is 20.3. The first-order chi connectivity index (χ1) is 8.63. The van der Waals surface area contributed by atoms with Crippen LogP contribution in [-0.4, -0.2) is 16.8 Å². The van der Waals surface area contributed by atoms with Crippen LogP contribution in [0.15, 0.2) is 24.4 Å². The molecule has 98 valence electrons. The van der Waals surface area contributed by atoms with Crippen molar-refractivity contribution in [2.24, 2.45) is 5.92 Å². The van der Waals surface area contributed by atoms with E-state index >= 15 is 0 Å². The smallest absolute Gasteiger partial charge is 0.131 e.